The highest BCUT2D eigenvalue weighted by molar-refractivity contribution is 7.87. The highest BCUT2D eigenvalue weighted by Gasteiger charge is 2.18. The van der Waals surface area contributed by atoms with Gasteiger partial charge in [0.25, 0.3) is 10.1 Å². The molecule has 0 amide bonds. The van der Waals surface area contributed by atoms with Crippen LogP contribution in [0.5, 0.6) is 0 Å². The van der Waals surface area contributed by atoms with Gasteiger partial charge in [-0.2, -0.15) is 8.42 Å². The monoisotopic (exact) mass is 168 g/mol. The maximum Gasteiger partial charge on any atom is 0.269 e. The lowest BCUT2D eigenvalue weighted by Gasteiger charge is -2.07. The molecule has 5 heteroatoms. The van der Waals surface area contributed by atoms with Crippen molar-refractivity contribution < 1.29 is 17.7 Å². The van der Waals surface area contributed by atoms with Crippen LogP contribution in [-0.4, -0.2) is 32.5 Å². The third-order valence-electron chi connectivity index (χ3n) is 1.26. The summed E-state index contributed by atoms with van der Waals surface area (Å²) in [4.78, 5) is 0. The molecule has 62 valence electrons. The van der Waals surface area contributed by atoms with Crippen LogP contribution in [-0.2, 0) is 14.3 Å². The lowest BCUT2D eigenvalue weighted by molar-refractivity contribution is 0.282. The molecule has 0 saturated carbocycles. The van der Waals surface area contributed by atoms with Gasteiger partial charge in [0.15, 0.2) is 0 Å². The smallest absolute Gasteiger partial charge is 0.269 e. The fourth-order valence-electron chi connectivity index (χ4n) is 0.490. The third kappa shape index (κ3) is 2.64. The SMILES string of the molecule is COS(=O)(=O)C(C)CCO. The molecular weight excluding hydrogens is 156 g/mol. The first-order chi connectivity index (χ1) is 4.54. The molecule has 0 aromatic heterocycles. The minimum atomic E-state index is -3.42. The summed E-state index contributed by atoms with van der Waals surface area (Å²) in [5.41, 5.74) is 0. The number of rotatable bonds is 4. The van der Waals surface area contributed by atoms with E-state index in [1.807, 2.05) is 0 Å². The molecule has 0 saturated heterocycles. The highest BCUT2D eigenvalue weighted by Crippen LogP contribution is 2.05. The maximum atomic E-state index is 10.8. The van der Waals surface area contributed by atoms with Gasteiger partial charge >= 0.3 is 0 Å². The number of hydrogen-bond acceptors (Lipinski definition) is 4. The molecule has 0 fully saturated rings. The Bertz CT molecular complexity index is 172. The van der Waals surface area contributed by atoms with Crippen molar-refractivity contribution in [1.82, 2.24) is 0 Å². The predicted molar refractivity (Wildman–Crippen MR) is 37.1 cm³/mol. The molecule has 0 rings (SSSR count). The average Bonchev–Trinajstić information content (AvgIpc) is 1.89. The Labute approximate surface area is 60.9 Å². The summed E-state index contributed by atoms with van der Waals surface area (Å²) < 4.78 is 25.7. The molecule has 0 aliphatic carbocycles. The van der Waals surface area contributed by atoms with Crippen molar-refractivity contribution >= 4 is 10.1 Å². The Morgan fingerprint density at radius 1 is 1.60 bits per heavy atom. The molecule has 1 unspecified atom stereocenters. The van der Waals surface area contributed by atoms with Crippen molar-refractivity contribution in [3.63, 3.8) is 0 Å². The van der Waals surface area contributed by atoms with Gasteiger partial charge in [0.2, 0.25) is 0 Å². The Hall–Kier alpha value is -0.130. The third-order valence-corrected chi connectivity index (χ3v) is 2.95. The van der Waals surface area contributed by atoms with Gasteiger partial charge in [0.05, 0.1) is 12.4 Å². The van der Waals surface area contributed by atoms with E-state index in [0.29, 0.717) is 0 Å². The molecule has 0 bridgehead atoms. The van der Waals surface area contributed by atoms with E-state index >= 15 is 0 Å². The molecule has 0 radical (unpaired) electrons. The second-order valence-corrected chi connectivity index (χ2v) is 4.11. The Balaban J connectivity index is 4.06. The summed E-state index contributed by atoms with van der Waals surface area (Å²) in [5.74, 6) is 0. The molecule has 4 nitrogen and oxygen atoms in total. The molecular formula is C5H12O4S. The van der Waals surface area contributed by atoms with Crippen LogP contribution in [0, 0.1) is 0 Å². The average molecular weight is 168 g/mol. The number of aliphatic hydroxyl groups excluding tert-OH is 1. The maximum absolute atomic E-state index is 10.8. The standard InChI is InChI=1S/C5H12O4S/c1-5(3-4-6)10(7,8)9-2/h5-6H,3-4H2,1-2H3. The van der Waals surface area contributed by atoms with E-state index in [2.05, 4.69) is 4.18 Å². The van der Waals surface area contributed by atoms with Gasteiger partial charge in [-0.1, -0.05) is 0 Å². The van der Waals surface area contributed by atoms with Crippen LogP contribution in [0.25, 0.3) is 0 Å². The van der Waals surface area contributed by atoms with Crippen molar-refractivity contribution in [2.24, 2.45) is 0 Å². The number of hydrogen-bond donors (Lipinski definition) is 1. The first-order valence-corrected chi connectivity index (χ1v) is 4.42. The molecule has 0 aromatic carbocycles. The zero-order chi connectivity index (χ0) is 8.20. The molecule has 0 spiro atoms. The molecule has 0 aromatic rings. The second-order valence-electron chi connectivity index (χ2n) is 1.98. The molecule has 1 atom stereocenters. The first-order valence-electron chi connectivity index (χ1n) is 2.95. The van der Waals surface area contributed by atoms with E-state index in [-0.39, 0.29) is 13.0 Å². The molecule has 10 heavy (non-hydrogen) atoms. The van der Waals surface area contributed by atoms with Crippen molar-refractivity contribution in [2.45, 2.75) is 18.6 Å². The van der Waals surface area contributed by atoms with Crippen LogP contribution in [0.1, 0.15) is 13.3 Å². The molecule has 0 heterocycles. The van der Waals surface area contributed by atoms with Crippen molar-refractivity contribution in [2.75, 3.05) is 13.7 Å². The topological polar surface area (TPSA) is 63.6 Å². The fourth-order valence-corrected chi connectivity index (χ4v) is 1.21. The van der Waals surface area contributed by atoms with Gasteiger partial charge in [-0.05, 0) is 13.3 Å². The van der Waals surface area contributed by atoms with Gasteiger partial charge in [-0.25, -0.2) is 0 Å². The fraction of sp³-hybridized carbons (Fsp3) is 1.00. The van der Waals surface area contributed by atoms with Gasteiger partial charge in [0.1, 0.15) is 0 Å². The summed E-state index contributed by atoms with van der Waals surface area (Å²) in [6.07, 6.45) is 0.218. The van der Waals surface area contributed by atoms with Gasteiger partial charge in [-0.15, -0.1) is 0 Å². The normalized spacial score (nSPS) is 15.1. The lowest BCUT2D eigenvalue weighted by atomic mass is 10.4. The minimum absolute atomic E-state index is 0.135. The van der Waals surface area contributed by atoms with Crippen LogP contribution in [0.2, 0.25) is 0 Å². The summed E-state index contributed by atoms with van der Waals surface area (Å²) in [6.45, 7) is 1.36. The summed E-state index contributed by atoms with van der Waals surface area (Å²) in [5, 5.41) is 7.75. The van der Waals surface area contributed by atoms with E-state index in [4.69, 9.17) is 5.11 Å². The van der Waals surface area contributed by atoms with Gasteiger partial charge in [-0.3, -0.25) is 4.18 Å². The van der Waals surface area contributed by atoms with Gasteiger partial charge in [0, 0.05) is 6.61 Å². The summed E-state index contributed by atoms with van der Waals surface area (Å²) in [6, 6.07) is 0. The zero-order valence-electron chi connectivity index (χ0n) is 6.07. The van der Waals surface area contributed by atoms with Crippen LogP contribution in [0.15, 0.2) is 0 Å². The van der Waals surface area contributed by atoms with Gasteiger partial charge < -0.3 is 5.11 Å². The molecule has 0 aliphatic heterocycles. The first kappa shape index (κ1) is 9.87. The van der Waals surface area contributed by atoms with Crippen molar-refractivity contribution in [3.05, 3.63) is 0 Å². The highest BCUT2D eigenvalue weighted by atomic mass is 32.2. The van der Waals surface area contributed by atoms with E-state index < -0.39 is 15.4 Å². The van der Waals surface area contributed by atoms with Crippen LogP contribution in [0.4, 0.5) is 0 Å². The lowest BCUT2D eigenvalue weighted by Crippen LogP contribution is -2.19. The van der Waals surface area contributed by atoms with Crippen molar-refractivity contribution in [3.8, 4) is 0 Å². The van der Waals surface area contributed by atoms with E-state index in [0.717, 1.165) is 7.11 Å². The van der Waals surface area contributed by atoms with Crippen LogP contribution < -0.4 is 0 Å². The summed E-state index contributed by atoms with van der Waals surface area (Å²) in [7, 11) is -2.31. The Kier molecular flexibility index (Phi) is 3.85. The number of aliphatic hydroxyl groups is 1. The molecule has 0 aliphatic rings. The minimum Gasteiger partial charge on any atom is -0.396 e. The Morgan fingerprint density at radius 3 is 2.40 bits per heavy atom. The Morgan fingerprint density at radius 2 is 2.10 bits per heavy atom. The summed E-state index contributed by atoms with van der Waals surface area (Å²) >= 11 is 0. The van der Waals surface area contributed by atoms with E-state index in [1.54, 1.807) is 0 Å². The largest absolute Gasteiger partial charge is 0.396 e. The predicted octanol–water partition coefficient (Wildman–Crippen LogP) is -0.266. The molecule has 1 N–H and O–H groups in total. The van der Waals surface area contributed by atoms with Crippen molar-refractivity contribution in [1.29, 1.82) is 0 Å². The van der Waals surface area contributed by atoms with E-state index in [1.165, 1.54) is 6.92 Å². The quantitative estimate of drug-likeness (QED) is 0.587. The van der Waals surface area contributed by atoms with Crippen LogP contribution in [0.3, 0.4) is 0 Å². The van der Waals surface area contributed by atoms with E-state index in [9.17, 15) is 8.42 Å². The van der Waals surface area contributed by atoms with Crippen LogP contribution >= 0.6 is 0 Å². The second kappa shape index (κ2) is 3.90. The zero-order valence-corrected chi connectivity index (χ0v) is 6.89.